The van der Waals surface area contributed by atoms with Gasteiger partial charge < -0.3 is 14.2 Å². The molecule has 3 aromatic rings. The lowest BCUT2D eigenvalue weighted by Gasteiger charge is -2.18. The number of fused-ring (bicyclic) bond motifs is 3. The molecule has 3 aliphatic rings. The number of ether oxygens (including phenoxy) is 3. The van der Waals surface area contributed by atoms with Gasteiger partial charge in [0.15, 0.2) is 17.3 Å². The van der Waals surface area contributed by atoms with E-state index < -0.39 is 0 Å². The fraction of sp³-hybridized carbons (Fsp3) is 0.455. The molecular weight excluding hydrogens is 534 g/mol. The third kappa shape index (κ3) is 8.32. The van der Waals surface area contributed by atoms with Gasteiger partial charge in [-0.2, -0.15) is 0 Å². The van der Waals surface area contributed by atoms with Crippen LogP contribution in [0.3, 0.4) is 0 Å². The second-order valence-corrected chi connectivity index (χ2v) is 12.3. The van der Waals surface area contributed by atoms with Crippen LogP contribution in [0.15, 0.2) is 53.6 Å². The van der Waals surface area contributed by atoms with E-state index in [0.717, 1.165) is 46.5 Å². The molecule has 3 aliphatic heterocycles. The first-order chi connectivity index (χ1) is 19.6. The Balaban J connectivity index is 0.000000142. The zero-order chi connectivity index (χ0) is 29.5. The minimum atomic E-state index is 0.103. The molecule has 3 aromatic heterocycles. The number of carbonyl (C=O) groups excluding carboxylic acids is 1. The van der Waals surface area contributed by atoms with Crippen molar-refractivity contribution in [1.29, 1.82) is 0 Å². The number of Topliss-reactive ketones (excluding diaryl/α,β-unsaturated/α-hetero) is 1. The van der Waals surface area contributed by atoms with Gasteiger partial charge in [-0.3, -0.25) is 19.7 Å². The third-order valence-corrected chi connectivity index (χ3v) is 7.97. The maximum absolute atomic E-state index is 11.1. The van der Waals surface area contributed by atoms with E-state index in [9.17, 15) is 4.79 Å². The Morgan fingerprint density at radius 1 is 0.756 bits per heavy atom. The van der Waals surface area contributed by atoms with Crippen LogP contribution < -0.4 is 14.2 Å². The van der Waals surface area contributed by atoms with Crippen LogP contribution >= 0.6 is 11.8 Å². The summed E-state index contributed by atoms with van der Waals surface area (Å²) in [4.78, 5) is 25.9. The molecule has 0 saturated heterocycles. The van der Waals surface area contributed by atoms with E-state index in [-0.39, 0.29) is 12.4 Å². The van der Waals surface area contributed by atoms with E-state index in [0.29, 0.717) is 37.4 Å². The molecule has 0 saturated carbocycles. The molecule has 8 heteroatoms. The fourth-order valence-electron chi connectivity index (χ4n) is 4.31. The van der Waals surface area contributed by atoms with Crippen molar-refractivity contribution in [3.05, 3.63) is 77.2 Å². The Morgan fingerprint density at radius 3 is 2.07 bits per heavy atom. The SMILES string of the molecule is C=C1CSc2ccc(C(C)C)nc2C1.CC(C)c1cc2c(cn1)OCCO2.CC(C)c1ccc2c(n1)CC(=O)CO2. The highest BCUT2D eigenvalue weighted by Crippen LogP contribution is 2.32. The van der Waals surface area contributed by atoms with Crippen molar-refractivity contribution < 1.29 is 19.0 Å². The van der Waals surface area contributed by atoms with Gasteiger partial charge in [0.2, 0.25) is 0 Å². The van der Waals surface area contributed by atoms with Crippen LogP contribution in [-0.2, 0) is 17.6 Å². The third-order valence-electron chi connectivity index (χ3n) is 6.74. The molecule has 7 nitrogen and oxygen atoms in total. The van der Waals surface area contributed by atoms with E-state index >= 15 is 0 Å². The Labute approximate surface area is 248 Å². The van der Waals surface area contributed by atoms with Gasteiger partial charge >= 0.3 is 0 Å². The molecule has 6 rings (SSSR count). The number of thioether (sulfide) groups is 1. The maximum atomic E-state index is 11.1. The largest absolute Gasteiger partial charge is 0.486 e. The van der Waals surface area contributed by atoms with Gasteiger partial charge in [0.05, 0.1) is 24.0 Å². The molecule has 0 spiro atoms. The monoisotopic (exact) mass is 575 g/mol. The lowest BCUT2D eigenvalue weighted by atomic mass is 10.1. The Morgan fingerprint density at radius 2 is 1.39 bits per heavy atom. The van der Waals surface area contributed by atoms with Crippen LogP contribution in [0.5, 0.6) is 17.2 Å². The van der Waals surface area contributed by atoms with Crippen molar-refractivity contribution in [1.82, 2.24) is 15.0 Å². The highest BCUT2D eigenvalue weighted by atomic mass is 32.2. The van der Waals surface area contributed by atoms with E-state index in [2.05, 4.69) is 75.2 Å². The Bertz CT molecular complexity index is 1310. The Kier molecular flexibility index (Phi) is 10.4. The van der Waals surface area contributed by atoms with Gasteiger partial charge in [-0.15, -0.1) is 11.8 Å². The summed E-state index contributed by atoms with van der Waals surface area (Å²) in [5.74, 6) is 4.82. The fourth-order valence-corrected chi connectivity index (χ4v) is 5.22. The summed E-state index contributed by atoms with van der Waals surface area (Å²) in [6.07, 6.45) is 3.11. The molecule has 0 fully saturated rings. The number of pyridine rings is 3. The highest BCUT2D eigenvalue weighted by molar-refractivity contribution is 7.99. The molecule has 41 heavy (non-hydrogen) atoms. The van der Waals surface area contributed by atoms with Crippen LogP contribution in [0.25, 0.3) is 0 Å². The van der Waals surface area contributed by atoms with Crippen molar-refractivity contribution in [2.75, 3.05) is 25.6 Å². The molecule has 218 valence electrons. The van der Waals surface area contributed by atoms with Crippen LogP contribution in [0.2, 0.25) is 0 Å². The summed E-state index contributed by atoms with van der Waals surface area (Å²) >= 11 is 1.86. The molecule has 0 aromatic carbocycles. The normalized spacial score (nSPS) is 15.2. The first-order valence-electron chi connectivity index (χ1n) is 14.3. The van der Waals surface area contributed by atoms with E-state index in [4.69, 9.17) is 14.2 Å². The topological polar surface area (TPSA) is 83.4 Å². The number of aromatic nitrogens is 3. The summed E-state index contributed by atoms with van der Waals surface area (Å²) < 4.78 is 16.1. The van der Waals surface area contributed by atoms with Crippen molar-refractivity contribution >= 4 is 17.5 Å². The molecule has 0 unspecified atom stereocenters. The first-order valence-corrected chi connectivity index (χ1v) is 15.3. The van der Waals surface area contributed by atoms with Gasteiger partial charge in [-0.1, -0.05) is 53.7 Å². The molecule has 0 N–H and O–H groups in total. The molecule has 0 amide bonds. The zero-order valence-electron chi connectivity index (χ0n) is 25.0. The number of nitrogens with zero attached hydrogens (tertiary/aromatic N) is 3. The number of hydrogen-bond acceptors (Lipinski definition) is 8. The van der Waals surface area contributed by atoms with Crippen molar-refractivity contribution in [3.8, 4) is 17.2 Å². The smallest absolute Gasteiger partial charge is 0.179 e. The average Bonchev–Trinajstić information content (AvgIpc) is 2.96. The molecule has 0 aliphatic carbocycles. The number of rotatable bonds is 3. The van der Waals surface area contributed by atoms with E-state index in [1.54, 1.807) is 6.20 Å². The summed E-state index contributed by atoms with van der Waals surface area (Å²) in [6, 6.07) is 10.2. The predicted molar refractivity (Wildman–Crippen MR) is 164 cm³/mol. The molecule has 0 atom stereocenters. The molecule has 6 heterocycles. The van der Waals surface area contributed by atoms with Crippen LogP contribution in [0.4, 0.5) is 0 Å². The lowest BCUT2D eigenvalue weighted by molar-refractivity contribution is -0.121. The number of carbonyl (C=O) groups is 1. The minimum Gasteiger partial charge on any atom is -0.486 e. The minimum absolute atomic E-state index is 0.103. The summed E-state index contributed by atoms with van der Waals surface area (Å²) in [5.41, 5.74) is 6.55. The molecule has 0 radical (unpaired) electrons. The lowest BCUT2D eigenvalue weighted by Crippen LogP contribution is -2.21. The summed E-state index contributed by atoms with van der Waals surface area (Å²) in [7, 11) is 0. The summed E-state index contributed by atoms with van der Waals surface area (Å²) in [5, 5.41) is 0. The van der Waals surface area contributed by atoms with Gasteiger partial charge in [-0.25, -0.2) is 0 Å². The van der Waals surface area contributed by atoms with Gasteiger partial charge in [-0.05, 0) is 42.0 Å². The van der Waals surface area contributed by atoms with Crippen LogP contribution in [-0.4, -0.2) is 46.3 Å². The molecular formula is C33H41N3O4S. The highest BCUT2D eigenvalue weighted by Gasteiger charge is 2.19. The maximum Gasteiger partial charge on any atom is 0.179 e. The second kappa shape index (κ2) is 14.0. The molecule has 0 bridgehead atoms. The number of hydrogen-bond donors (Lipinski definition) is 0. The average molecular weight is 576 g/mol. The van der Waals surface area contributed by atoms with Crippen molar-refractivity contribution in [3.63, 3.8) is 0 Å². The van der Waals surface area contributed by atoms with E-state index in [1.165, 1.54) is 21.9 Å². The quantitative estimate of drug-likeness (QED) is 0.306. The zero-order valence-corrected chi connectivity index (χ0v) is 25.8. The number of ketones is 1. The van der Waals surface area contributed by atoms with Gasteiger partial charge in [0.1, 0.15) is 25.6 Å². The van der Waals surface area contributed by atoms with Gasteiger partial charge in [0.25, 0.3) is 0 Å². The Hall–Kier alpha value is -3.39. The standard InChI is InChI=1S/C12H15NS.C11H13NO2.C10H13NO2/c1-8(2)10-4-5-12-11(13-10)6-9(3)7-14-12;1-7(2)9-3-4-11-10(12-9)5-8(13)6-14-11;1-7(2)8-5-9-10(6-11-8)13-4-3-12-9/h4-5,8H,3,6-7H2,1-2H3;3-4,7H,5-6H2,1-2H3;5-7H,3-4H2,1-2H3. The van der Waals surface area contributed by atoms with Crippen LogP contribution in [0.1, 0.15) is 87.8 Å². The van der Waals surface area contributed by atoms with Crippen molar-refractivity contribution in [2.45, 2.75) is 77.0 Å². The van der Waals surface area contributed by atoms with Gasteiger partial charge in [0, 0.05) is 40.2 Å². The van der Waals surface area contributed by atoms with E-state index in [1.807, 2.05) is 30.0 Å². The van der Waals surface area contributed by atoms with Crippen LogP contribution in [0, 0.1) is 0 Å². The first kappa shape index (κ1) is 30.6. The second-order valence-electron chi connectivity index (χ2n) is 11.3. The predicted octanol–water partition coefficient (Wildman–Crippen LogP) is 7.09. The summed E-state index contributed by atoms with van der Waals surface area (Å²) in [6.45, 7) is 18.2. The van der Waals surface area contributed by atoms with Crippen molar-refractivity contribution in [2.24, 2.45) is 0 Å².